The van der Waals surface area contributed by atoms with Gasteiger partial charge in [0.15, 0.2) is 9.84 Å². The van der Waals surface area contributed by atoms with Gasteiger partial charge < -0.3 is 19.6 Å². The maximum atomic E-state index is 12.2. The van der Waals surface area contributed by atoms with Crippen LogP contribution in [0.2, 0.25) is 0 Å². The predicted octanol–water partition coefficient (Wildman–Crippen LogP) is 3.05. The first-order valence-electron chi connectivity index (χ1n) is 9.61. The van der Waals surface area contributed by atoms with Gasteiger partial charge in [0.25, 0.3) is 5.56 Å². The highest BCUT2D eigenvalue weighted by Crippen LogP contribution is 2.32. The number of hydrogen-bond donors (Lipinski definition) is 2. The summed E-state index contributed by atoms with van der Waals surface area (Å²) in [5.74, 6) is 0.342. The van der Waals surface area contributed by atoms with Crippen LogP contribution >= 0.6 is 0 Å². The van der Waals surface area contributed by atoms with Crippen molar-refractivity contribution in [3.63, 3.8) is 0 Å². The molecule has 32 heavy (non-hydrogen) atoms. The third-order valence-electron chi connectivity index (χ3n) is 4.23. The number of rotatable bonds is 8. The van der Waals surface area contributed by atoms with Gasteiger partial charge in [-0.3, -0.25) is 9.59 Å². The molecule has 2 N–H and O–H groups in total. The van der Waals surface area contributed by atoms with E-state index in [0.29, 0.717) is 22.8 Å². The minimum absolute atomic E-state index is 0.0401. The van der Waals surface area contributed by atoms with Crippen molar-refractivity contribution in [2.24, 2.45) is 0 Å². The summed E-state index contributed by atoms with van der Waals surface area (Å²) >= 11 is 0. The van der Waals surface area contributed by atoms with E-state index in [4.69, 9.17) is 14.6 Å². The fraction of sp³-hybridized carbons (Fsp3) is 0.227. The number of sulfone groups is 1. The minimum atomic E-state index is -3.32. The maximum Gasteiger partial charge on any atom is 0.308 e. The summed E-state index contributed by atoms with van der Waals surface area (Å²) in [6, 6.07) is 10.9. The van der Waals surface area contributed by atoms with Gasteiger partial charge >= 0.3 is 5.97 Å². The molecule has 3 aromatic rings. The van der Waals surface area contributed by atoms with E-state index in [-0.39, 0.29) is 22.4 Å². The Kier molecular flexibility index (Phi) is 6.64. The second-order valence-electron chi connectivity index (χ2n) is 7.36. The van der Waals surface area contributed by atoms with Gasteiger partial charge in [0.2, 0.25) is 0 Å². The first-order chi connectivity index (χ1) is 15.0. The van der Waals surface area contributed by atoms with Gasteiger partial charge in [-0.2, -0.15) is 0 Å². The van der Waals surface area contributed by atoms with Crippen LogP contribution in [0.25, 0.3) is 11.4 Å². The van der Waals surface area contributed by atoms with Gasteiger partial charge in [0, 0.05) is 29.6 Å². The average molecular weight is 458 g/mol. The van der Waals surface area contributed by atoms with Crippen molar-refractivity contribution in [1.29, 1.82) is 0 Å². The van der Waals surface area contributed by atoms with Crippen LogP contribution in [-0.2, 0) is 21.1 Å². The van der Waals surface area contributed by atoms with Crippen LogP contribution in [-0.4, -0.2) is 41.8 Å². The number of nitrogens with zero attached hydrogens (tertiary/aromatic N) is 1. The van der Waals surface area contributed by atoms with Gasteiger partial charge in [0.05, 0.1) is 17.4 Å². The number of benzene rings is 2. The Bertz CT molecular complexity index is 1300. The molecule has 0 aliphatic carbocycles. The number of nitrogens with one attached hydrogen (secondary N) is 1. The number of hydrogen-bond acceptors (Lipinski definition) is 7. The van der Waals surface area contributed by atoms with Crippen molar-refractivity contribution in [3.8, 4) is 28.6 Å². The number of H-pyrrole nitrogens is 1. The zero-order valence-corrected chi connectivity index (χ0v) is 18.5. The van der Waals surface area contributed by atoms with E-state index in [2.05, 4.69) is 9.97 Å². The largest absolute Gasteiger partial charge is 0.491 e. The lowest BCUT2D eigenvalue weighted by molar-refractivity contribution is -0.136. The van der Waals surface area contributed by atoms with E-state index in [0.717, 1.165) is 6.26 Å². The summed E-state index contributed by atoms with van der Waals surface area (Å²) in [6.45, 7) is 3.72. The molecule has 0 unspecified atom stereocenters. The van der Waals surface area contributed by atoms with Crippen LogP contribution in [0.3, 0.4) is 0 Å². The summed E-state index contributed by atoms with van der Waals surface area (Å²) in [5.41, 5.74) is -0.0189. The summed E-state index contributed by atoms with van der Waals surface area (Å²) < 4.78 is 34.9. The van der Waals surface area contributed by atoms with Crippen LogP contribution in [0, 0.1) is 0 Å². The van der Waals surface area contributed by atoms with Gasteiger partial charge in [-0.25, -0.2) is 13.4 Å². The highest BCUT2D eigenvalue weighted by Gasteiger charge is 2.13. The lowest BCUT2D eigenvalue weighted by atomic mass is 10.1. The van der Waals surface area contributed by atoms with Crippen LogP contribution in [0.1, 0.15) is 19.4 Å². The molecule has 0 saturated heterocycles. The Morgan fingerprint density at radius 2 is 1.75 bits per heavy atom. The van der Waals surface area contributed by atoms with Crippen LogP contribution < -0.4 is 15.0 Å². The summed E-state index contributed by atoms with van der Waals surface area (Å²) in [6.07, 6.45) is 1.79. The summed E-state index contributed by atoms with van der Waals surface area (Å²) in [7, 11) is -3.32. The average Bonchev–Trinajstić information content (AvgIpc) is 2.68. The smallest absolute Gasteiger partial charge is 0.308 e. The van der Waals surface area contributed by atoms with E-state index in [1.807, 2.05) is 13.8 Å². The van der Waals surface area contributed by atoms with Gasteiger partial charge in [-0.1, -0.05) is 0 Å². The zero-order chi connectivity index (χ0) is 23.5. The normalized spacial score (nSPS) is 11.4. The molecular weight excluding hydrogens is 436 g/mol. The van der Waals surface area contributed by atoms with Crippen molar-refractivity contribution in [1.82, 2.24) is 9.97 Å². The Labute approximate surface area is 184 Å². The van der Waals surface area contributed by atoms with E-state index < -0.39 is 27.8 Å². The molecule has 0 fully saturated rings. The molecule has 3 rings (SSSR count). The molecular formula is C22H22N2O7S. The van der Waals surface area contributed by atoms with Crippen molar-refractivity contribution >= 4 is 15.8 Å². The quantitative estimate of drug-likeness (QED) is 0.526. The molecule has 0 aliphatic rings. The third kappa shape index (κ3) is 5.94. The van der Waals surface area contributed by atoms with Crippen molar-refractivity contribution in [3.05, 3.63) is 64.6 Å². The molecule has 1 aromatic heterocycles. The monoisotopic (exact) mass is 458 g/mol. The summed E-state index contributed by atoms with van der Waals surface area (Å²) in [5, 5.41) is 8.89. The second-order valence-corrected chi connectivity index (χ2v) is 9.38. The number of ether oxygens (including phenoxy) is 2. The molecule has 0 aliphatic heterocycles. The second kappa shape index (κ2) is 9.23. The van der Waals surface area contributed by atoms with Crippen LogP contribution in [0.5, 0.6) is 17.2 Å². The first kappa shape index (κ1) is 23.0. The Morgan fingerprint density at radius 3 is 2.31 bits per heavy atom. The fourth-order valence-electron chi connectivity index (χ4n) is 2.86. The maximum absolute atomic E-state index is 12.2. The van der Waals surface area contributed by atoms with Crippen molar-refractivity contribution < 1.29 is 27.8 Å². The van der Waals surface area contributed by atoms with E-state index >= 15 is 0 Å². The third-order valence-corrected chi connectivity index (χ3v) is 5.36. The van der Waals surface area contributed by atoms with E-state index in [1.165, 1.54) is 30.5 Å². The molecule has 0 radical (unpaired) electrons. The highest BCUT2D eigenvalue weighted by molar-refractivity contribution is 7.90. The molecule has 0 spiro atoms. The molecule has 9 nitrogen and oxygen atoms in total. The molecule has 1 heterocycles. The predicted molar refractivity (Wildman–Crippen MR) is 117 cm³/mol. The molecule has 10 heteroatoms. The van der Waals surface area contributed by atoms with Gasteiger partial charge in [-0.15, -0.1) is 0 Å². The minimum Gasteiger partial charge on any atom is -0.491 e. The van der Waals surface area contributed by atoms with Crippen molar-refractivity contribution in [2.75, 3.05) is 6.26 Å². The SMILES string of the molecule is CC(C)Oc1cc(Oc2ccc(S(C)(=O)=O)cc2)cc(-c2ncc(CC(=O)O)c(=O)[nH]2)c1. The number of aromatic nitrogens is 2. The Morgan fingerprint density at radius 1 is 1.09 bits per heavy atom. The Balaban J connectivity index is 1.97. The van der Waals surface area contributed by atoms with E-state index in [1.54, 1.807) is 18.2 Å². The topological polar surface area (TPSA) is 136 Å². The standard InChI is InChI=1S/C22H22N2O7S/c1-13(2)30-17-8-14(21-23-12-15(10-20(25)26)22(27)24-21)9-18(11-17)31-16-4-6-19(7-5-16)32(3,28)29/h4-9,11-13H,10H2,1-3H3,(H,25,26)(H,23,24,27). The lowest BCUT2D eigenvalue weighted by Gasteiger charge is -2.14. The number of aromatic amines is 1. The number of carboxylic acid groups (broad SMARTS) is 1. The molecule has 168 valence electrons. The molecule has 0 bridgehead atoms. The van der Waals surface area contributed by atoms with E-state index in [9.17, 15) is 18.0 Å². The van der Waals surface area contributed by atoms with Crippen molar-refractivity contribution in [2.45, 2.75) is 31.3 Å². The Hall–Kier alpha value is -3.66. The molecule has 2 aromatic carbocycles. The van der Waals surface area contributed by atoms with Crippen LogP contribution in [0.4, 0.5) is 0 Å². The molecule has 0 saturated carbocycles. The fourth-order valence-corrected chi connectivity index (χ4v) is 3.49. The van der Waals surface area contributed by atoms with Gasteiger partial charge in [0.1, 0.15) is 23.1 Å². The molecule has 0 atom stereocenters. The zero-order valence-electron chi connectivity index (χ0n) is 17.7. The summed E-state index contributed by atoms with van der Waals surface area (Å²) in [4.78, 5) is 30.0. The van der Waals surface area contributed by atoms with Crippen LogP contribution in [0.15, 0.2) is 58.4 Å². The number of aliphatic carboxylic acids is 1. The highest BCUT2D eigenvalue weighted by atomic mass is 32.2. The number of carboxylic acids is 1. The first-order valence-corrected chi connectivity index (χ1v) is 11.5. The van der Waals surface area contributed by atoms with Gasteiger partial charge in [-0.05, 0) is 50.2 Å². The molecule has 0 amide bonds. The lowest BCUT2D eigenvalue weighted by Crippen LogP contribution is -2.17. The number of carbonyl (C=O) groups is 1.